The van der Waals surface area contributed by atoms with E-state index in [1.165, 1.54) is 9.71 Å². The predicted molar refractivity (Wildman–Crippen MR) is 76.6 cm³/mol. The predicted octanol–water partition coefficient (Wildman–Crippen LogP) is 2.53. The van der Waals surface area contributed by atoms with Gasteiger partial charge >= 0.3 is 0 Å². The van der Waals surface area contributed by atoms with Crippen LogP contribution in [0.3, 0.4) is 0 Å². The van der Waals surface area contributed by atoms with Gasteiger partial charge in [-0.2, -0.15) is 9.57 Å². The van der Waals surface area contributed by atoms with Crippen LogP contribution in [-0.2, 0) is 10.0 Å². The fourth-order valence-electron chi connectivity index (χ4n) is 1.57. The molecule has 0 amide bonds. The van der Waals surface area contributed by atoms with Crippen LogP contribution < -0.4 is 0 Å². The molecule has 0 aromatic heterocycles. The summed E-state index contributed by atoms with van der Waals surface area (Å²) in [6.45, 7) is 4.33. The number of aryl methyl sites for hydroxylation is 1. The topological polar surface area (TPSA) is 61.2 Å². The molecule has 1 rings (SSSR count). The lowest BCUT2D eigenvalue weighted by Crippen LogP contribution is -2.29. The van der Waals surface area contributed by atoms with Crippen LogP contribution in [0.2, 0.25) is 0 Å². The lowest BCUT2D eigenvalue weighted by Gasteiger charge is -2.16. The van der Waals surface area contributed by atoms with Gasteiger partial charge in [0.2, 0.25) is 10.0 Å². The van der Waals surface area contributed by atoms with Crippen molar-refractivity contribution in [2.75, 3.05) is 13.1 Å². The molecule has 0 radical (unpaired) electrons. The quantitative estimate of drug-likeness (QED) is 0.803. The average Bonchev–Trinajstić information content (AvgIpc) is 2.39. The lowest BCUT2D eigenvalue weighted by atomic mass is 10.2. The Morgan fingerprint density at radius 1 is 1.32 bits per heavy atom. The maximum atomic E-state index is 12.0. The second-order valence-electron chi connectivity index (χ2n) is 4.16. The Labute approximate surface area is 115 Å². The summed E-state index contributed by atoms with van der Waals surface area (Å²) < 4.78 is 25.4. The van der Waals surface area contributed by atoms with Crippen LogP contribution in [0.4, 0.5) is 0 Å². The van der Waals surface area contributed by atoms with Crippen LogP contribution >= 0.6 is 0 Å². The summed E-state index contributed by atoms with van der Waals surface area (Å²) in [5.74, 6) is 0. The van der Waals surface area contributed by atoms with E-state index in [9.17, 15) is 8.42 Å². The Bertz CT molecular complexity index is 568. The minimum atomic E-state index is -3.45. The van der Waals surface area contributed by atoms with E-state index < -0.39 is 10.0 Å². The van der Waals surface area contributed by atoms with Gasteiger partial charge in [-0.05, 0) is 18.6 Å². The minimum absolute atomic E-state index is 0.200. The normalized spacial score (nSPS) is 11.9. The molecule has 0 N–H and O–H groups in total. The number of rotatable bonds is 6. The van der Waals surface area contributed by atoms with E-state index in [2.05, 4.69) is 0 Å². The van der Waals surface area contributed by atoms with Crippen LogP contribution in [-0.4, -0.2) is 25.8 Å². The minimum Gasteiger partial charge on any atom is -0.208 e. The lowest BCUT2D eigenvalue weighted by molar-refractivity contribution is 0.442. The van der Waals surface area contributed by atoms with Crippen LogP contribution in [0.15, 0.2) is 29.7 Å². The molecule has 0 aliphatic carbocycles. The van der Waals surface area contributed by atoms with E-state index in [4.69, 9.17) is 5.26 Å². The molecule has 4 nitrogen and oxygen atoms in total. The van der Waals surface area contributed by atoms with Gasteiger partial charge in [0.25, 0.3) is 0 Å². The van der Waals surface area contributed by atoms with Gasteiger partial charge in [-0.25, -0.2) is 8.42 Å². The molecular formula is C14H18N2O2S. The Balaban J connectivity index is 2.83. The van der Waals surface area contributed by atoms with E-state index in [-0.39, 0.29) is 13.0 Å². The summed E-state index contributed by atoms with van der Waals surface area (Å²) >= 11 is 0. The van der Waals surface area contributed by atoms with Crippen molar-refractivity contribution < 1.29 is 8.42 Å². The first-order valence-electron chi connectivity index (χ1n) is 6.11. The van der Waals surface area contributed by atoms with Gasteiger partial charge in [0.15, 0.2) is 0 Å². The molecule has 1 aromatic rings. The molecule has 0 spiro atoms. The molecule has 0 aliphatic rings. The van der Waals surface area contributed by atoms with E-state index in [0.29, 0.717) is 6.54 Å². The van der Waals surface area contributed by atoms with Crippen molar-refractivity contribution in [3.05, 3.63) is 40.8 Å². The molecule has 102 valence electrons. The SMILES string of the molecule is CCN(CCC#N)S(=O)(=O)/C=C/c1ccc(C)cc1. The molecule has 0 atom stereocenters. The standard InChI is InChI=1S/C14H18N2O2S/c1-3-16(11-4-10-15)19(17,18)12-9-14-7-5-13(2)6-8-14/h5-9,12H,3-4,11H2,1-2H3/b12-9+. The van der Waals surface area contributed by atoms with Crippen molar-refractivity contribution >= 4 is 16.1 Å². The van der Waals surface area contributed by atoms with Gasteiger partial charge in [-0.1, -0.05) is 36.8 Å². The second kappa shape index (κ2) is 7.07. The van der Waals surface area contributed by atoms with Gasteiger partial charge < -0.3 is 0 Å². The Hall–Kier alpha value is -1.64. The molecule has 0 heterocycles. The van der Waals surface area contributed by atoms with Crippen LogP contribution in [0.25, 0.3) is 6.08 Å². The van der Waals surface area contributed by atoms with Gasteiger partial charge in [0.05, 0.1) is 6.07 Å². The number of nitrogens with zero attached hydrogens (tertiary/aromatic N) is 2. The summed E-state index contributed by atoms with van der Waals surface area (Å²) in [5, 5.41) is 9.71. The van der Waals surface area contributed by atoms with Crippen LogP contribution in [0, 0.1) is 18.3 Å². The van der Waals surface area contributed by atoms with Crippen molar-refractivity contribution in [2.45, 2.75) is 20.3 Å². The zero-order valence-electron chi connectivity index (χ0n) is 11.2. The summed E-state index contributed by atoms with van der Waals surface area (Å²) in [5.41, 5.74) is 1.97. The zero-order valence-corrected chi connectivity index (χ0v) is 12.0. The Kier molecular flexibility index (Phi) is 5.74. The van der Waals surface area contributed by atoms with Crippen molar-refractivity contribution in [1.29, 1.82) is 5.26 Å². The fourth-order valence-corrected chi connectivity index (χ4v) is 2.78. The molecule has 0 fully saturated rings. The van der Waals surface area contributed by atoms with Crippen LogP contribution in [0.5, 0.6) is 0 Å². The second-order valence-corrected chi connectivity index (χ2v) is 5.98. The van der Waals surface area contributed by atoms with E-state index in [1.807, 2.05) is 37.3 Å². The number of hydrogen-bond donors (Lipinski definition) is 0. The maximum Gasteiger partial charge on any atom is 0.236 e. The molecule has 0 saturated heterocycles. The van der Waals surface area contributed by atoms with Crippen molar-refractivity contribution in [3.8, 4) is 6.07 Å². The van der Waals surface area contributed by atoms with Gasteiger partial charge in [0.1, 0.15) is 0 Å². The number of benzene rings is 1. The summed E-state index contributed by atoms with van der Waals surface area (Å²) in [6, 6.07) is 9.55. The average molecular weight is 278 g/mol. The highest BCUT2D eigenvalue weighted by atomic mass is 32.2. The van der Waals surface area contributed by atoms with Crippen molar-refractivity contribution in [1.82, 2.24) is 4.31 Å². The third-order valence-electron chi connectivity index (χ3n) is 2.70. The molecule has 0 saturated carbocycles. The smallest absolute Gasteiger partial charge is 0.208 e. The van der Waals surface area contributed by atoms with E-state index in [0.717, 1.165) is 11.1 Å². The third-order valence-corrected chi connectivity index (χ3v) is 4.34. The molecule has 0 bridgehead atoms. The van der Waals surface area contributed by atoms with Gasteiger partial charge in [-0.3, -0.25) is 0 Å². The first-order chi connectivity index (χ1) is 8.99. The first-order valence-corrected chi connectivity index (χ1v) is 7.61. The Morgan fingerprint density at radius 3 is 2.47 bits per heavy atom. The third kappa shape index (κ3) is 4.86. The highest BCUT2D eigenvalue weighted by molar-refractivity contribution is 7.92. The number of hydrogen-bond acceptors (Lipinski definition) is 3. The molecule has 1 aromatic carbocycles. The van der Waals surface area contributed by atoms with Crippen molar-refractivity contribution in [2.24, 2.45) is 0 Å². The van der Waals surface area contributed by atoms with Gasteiger partial charge in [-0.15, -0.1) is 0 Å². The summed E-state index contributed by atoms with van der Waals surface area (Å²) in [7, 11) is -3.45. The maximum absolute atomic E-state index is 12.0. The molecule has 19 heavy (non-hydrogen) atoms. The van der Waals surface area contributed by atoms with E-state index >= 15 is 0 Å². The first kappa shape index (κ1) is 15.4. The van der Waals surface area contributed by atoms with E-state index in [1.54, 1.807) is 13.0 Å². The highest BCUT2D eigenvalue weighted by Crippen LogP contribution is 2.09. The largest absolute Gasteiger partial charge is 0.236 e. The molecule has 0 aliphatic heterocycles. The highest BCUT2D eigenvalue weighted by Gasteiger charge is 2.16. The summed E-state index contributed by atoms with van der Waals surface area (Å²) in [6.07, 6.45) is 1.77. The van der Waals surface area contributed by atoms with Crippen LogP contribution in [0.1, 0.15) is 24.5 Å². The van der Waals surface area contributed by atoms with Crippen molar-refractivity contribution in [3.63, 3.8) is 0 Å². The molecular weight excluding hydrogens is 260 g/mol. The molecule has 0 unspecified atom stereocenters. The zero-order chi connectivity index (χ0) is 14.3. The number of sulfonamides is 1. The number of nitriles is 1. The summed E-state index contributed by atoms with van der Waals surface area (Å²) in [4.78, 5) is 0. The fraction of sp³-hybridized carbons (Fsp3) is 0.357. The van der Waals surface area contributed by atoms with Gasteiger partial charge in [0, 0.05) is 24.9 Å². The monoisotopic (exact) mass is 278 g/mol. The molecule has 5 heteroatoms. The Morgan fingerprint density at radius 2 is 1.95 bits per heavy atom.